The van der Waals surface area contributed by atoms with Crippen LogP contribution in [0.15, 0.2) is 18.2 Å². The molecule has 0 radical (unpaired) electrons. The van der Waals surface area contributed by atoms with Gasteiger partial charge in [0.15, 0.2) is 0 Å². The van der Waals surface area contributed by atoms with Gasteiger partial charge in [0, 0.05) is 12.5 Å². The summed E-state index contributed by atoms with van der Waals surface area (Å²) in [6.45, 7) is 1.92. The van der Waals surface area contributed by atoms with E-state index in [1.165, 1.54) is 7.11 Å². The van der Waals surface area contributed by atoms with Gasteiger partial charge >= 0.3 is 0 Å². The van der Waals surface area contributed by atoms with Crippen LogP contribution in [0.5, 0.6) is 5.75 Å². The van der Waals surface area contributed by atoms with E-state index < -0.39 is 5.91 Å². The Bertz CT molecular complexity index is 597. The third-order valence-corrected chi connectivity index (χ3v) is 2.82. The Kier molecular flexibility index (Phi) is 4.01. The molecule has 1 heterocycles. The van der Waals surface area contributed by atoms with Crippen LogP contribution in [0, 0.1) is 0 Å². The maximum atomic E-state index is 11.9. The van der Waals surface area contributed by atoms with Crippen molar-refractivity contribution in [3.05, 3.63) is 34.9 Å². The van der Waals surface area contributed by atoms with Crippen molar-refractivity contribution >= 4 is 23.2 Å². The molecule has 1 aromatic heterocycles. The lowest BCUT2D eigenvalue weighted by molar-refractivity contribution is 0.101. The van der Waals surface area contributed by atoms with Crippen molar-refractivity contribution in [3.63, 3.8) is 0 Å². The average Bonchev–Trinajstić information content (AvgIpc) is 2.90. The molecule has 0 spiro atoms. The molecule has 100 valence electrons. The van der Waals surface area contributed by atoms with Gasteiger partial charge in [0.05, 0.1) is 17.8 Å². The minimum atomic E-state index is -0.425. The highest BCUT2D eigenvalue weighted by molar-refractivity contribution is 6.33. The Morgan fingerprint density at radius 3 is 2.95 bits per heavy atom. The number of aryl methyl sites for hydroxylation is 1. The van der Waals surface area contributed by atoms with Crippen molar-refractivity contribution in [2.24, 2.45) is 0 Å². The second-order valence-corrected chi connectivity index (χ2v) is 4.17. The fourth-order valence-corrected chi connectivity index (χ4v) is 1.63. The van der Waals surface area contributed by atoms with Gasteiger partial charge in [-0.1, -0.05) is 18.5 Å². The number of anilines is 1. The third-order valence-electron chi connectivity index (χ3n) is 2.49. The van der Waals surface area contributed by atoms with Crippen molar-refractivity contribution in [1.29, 1.82) is 0 Å². The van der Waals surface area contributed by atoms with Gasteiger partial charge in [0.2, 0.25) is 5.82 Å². The van der Waals surface area contributed by atoms with Crippen LogP contribution in [0.4, 0.5) is 5.69 Å². The first-order valence-corrected chi connectivity index (χ1v) is 6.08. The molecule has 2 aromatic rings. The first-order valence-electron chi connectivity index (χ1n) is 5.70. The number of halogens is 1. The number of rotatable bonds is 4. The zero-order chi connectivity index (χ0) is 13.8. The van der Waals surface area contributed by atoms with Crippen LogP contribution in [0.3, 0.4) is 0 Å². The molecule has 0 saturated carbocycles. The van der Waals surface area contributed by atoms with Gasteiger partial charge in [-0.15, -0.1) is 5.10 Å². The number of benzene rings is 1. The molecule has 6 nitrogen and oxygen atoms in total. The molecule has 0 aliphatic heterocycles. The van der Waals surface area contributed by atoms with Crippen molar-refractivity contribution in [1.82, 2.24) is 15.2 Å². The molecule has 0 fully saturated rings. The number of aromatic amines is 1. The van der Waals surface area contributed by atoms with Gasteiger partial charge in [-0.3, -0.25) is 9.89 Å². The average molecular weight is 281 g/mol. The summed E-state index contributed by atoms with van der Waals surface area (Å²) in [5.41, 5.74) is 0.453. The summed E-state index contributed by atoms with van der Waals surface area (Å²) >= 11 is 6.00. The molecule has 0 unspecified atom stereocenters. The lowest BCUT2D eigenvalue weighted by Crippen LogP contribution is -2.14. The molecule has 1 aromatic carbocycles. The Balaban J connectivity index is 2.18. The second kappa shape index (κ2) is 5.71. The van der Waals surface area contributed by atoms with E-state index in [0.717, 1.165) is 0 Å². The van der Waals surface area contributed by atoms with Crippen LogP contribution >= 0.6 is 11.6 Å². The minimum Gasteiger partial charge on any atom is -0.497 e. The molecule has 0 atom stereocenters. The predicted molar refractivity (Wildman–Crippen MR) is 71.7 cm³/mol. The molecule has 0 aliphatic carbocycles. The summed E-state index contributed by atoms with van der Waals surface area (Å²) in [4.78, 5) is 16.0. The fourth-order valence-electron chi connectivity index (χ4n) is 1.46. The van der Waals surface area contributed by atoms with E-state index >= 15 is 0 Å². The highest BCUT2D eigenvalue weighted by Crippen LogP contribution is 2.26. The summed E-state index contributed by atoms with van der Waals surface area (Å²) in [6, 6.07) is 4.99. The van der Waals surface area contributed by atoms with E-state index in [1.807, 2.05) is 6.92 Å². The Morgan fingerprint density at radius 1 is 1.53 bits per heavy atom. The van der Waals surface area contributed by atoms with Crippen molar-refractivity contribution in [2.75, 3.05) is 12.4 Å². The smallest absolute Gasteiger partial charge is 0.295 e. The van der Waals surface area contributed by atoms with Crippen LogP contribution < -0.4 is 10.1 Å². The number of hydrogen-bond donors (Lipinski definition) is 2. The first kappa shape index (κ1) is 13.4. The maximum absolute atomic E-state index is 11.9. The molecule has 0 bridgehead atoms. The monoisotopic (exact) mass is 280 g/mol. The normalized spacial score (nSPS) is 10.3. The summed E-state index contributed by atoms with van der Waals surface area (Å²) in [7, 11) is 1.54. The second-order valence-electron chi connectivity index (χ2n) is 3.76. The van der Waals surface area contributed by atoms with Crippen LogP contribution in [-0.2, 0) is 6.42 Å². The van der Waals surface area contributed by atoms with Gasteiger partial charge in [-0.05, 0) is 12.1 Å². The molecule has 0 saturated heterocycles. The summed E-state index contributed by atoms with van der Waals surface area (Å²) in [5.74, 6) is 0.910. The number of carbonyl (C=O) groups is 1. The van der Waals surface area contributed by atoms with Gasteiger partial charge in [-0.2, -0.15) is 0 Å². The molecular weight excluding hydrogens is 268 g/mol. The number of hydrogen-bond acceptors (Lipinski definition) is 4. The highest BCUT2D eigenvalue weighted by Gasteiger charge is 2.14. The van der Waals surface area contributed by atoms with Crippen molar-refractivity contribution < 1.29 is 9.53 Å². The summed E-state index contributed by atoms with van der Waals surface area (Å²) in [6.07, 6.45) is 0.681. The highest BCUT2D eigenvalue weighted by atomic mass is 35.5. The minimum absolute atomic E-state index is 0.0794. The van der Waals surface area contributed by atoms with Gasteiger partial charge in [-0.25, -0.2) is 4.98 Å². The number of nitrogens with one attached hydrogen (secondary N) is 2. The molecule has 7 heteroatoms. The number of amides is 1. The lowest BCUT2D eigenvalue weighted by Gasteiger charge is -2.07. The van der Waals surface area contributed by atoms with E-state index in [0.29, 0.717) is 28.7 Å². The Labute approximate surface area is 115 Å². The standard InChI is InChI=1S/C12H13ClN4O2/c1-3-10-15-11(17-16-10)12(18)14-9-6-7(19-2)4-5-8(9)13/h4-6H,3H2,1-2H3,(H,14,18)(H,15,16,17). The fraction of sp³-hybridized carbons (Fsp3) is 0.250. The van der Waals surface area contributed by atoms with Crippen molar-refractivity contribution in [3.8, 4) is 5.75 Å². The number of nitrogens with zero attached hydrogens (tertiary/aromatic N) is 2. The number of ether oxygens (including phenoxy) is 1. The number of aromatic nitrogens is 3. The number of carbonyl (C=O) groups excluding carboxylic acids is 1. The molecule has 2 rings (SSSR count). The molecule has 2 N–H and O–H groups in total. The van der Waals surface area contributed by atoms with E-state index in [-0.39, 0.29) is 5.82 Å². The van der Waals surface area contributed by atoms with E-state index in [1.54, 1.807) is 18.2 Å². The molecule has 19 heavy (non-hydrogen) atoms. The zero-order valence-electron chi connectivity index (χ0n) is 10.5. The number of H-pyrrole nitrogens is 1. The summed E-state index contributed by atoms with van der Waals surface area (Å²) in [5, 5.41) is 9.57. The first-order chi connectivity index (χ1) is 9.13. The zero-order valence-corrected chi connectivity index (χ0v) is 11.3. The molecule has 1 amide bonds. The van der Waals surface area contributed by atoms with E-state index in [2.05, 4.69) is 20.5 Å². The topological polar surface area (TPSA) is 79.9 Å². The Hall–Kier alpha value is -2.08. The van der Waals surface area contributed by atoms with Crippen molar-refractivity contribution in [2.45, 2.75) is 13.3 Å². The van der Waals surface area contributed by atoms with Gasteiger partial charge < -0.3 is 10.1 Å². The van der Waals surface area contributed by atoms with Gasteiger partial charge in [0.1, 0.15) is 11.6 Å². The predicted octanol–water partition coefficient (Wildman–Crippen LogP) is 2.28. The van der Waals surface area contributed by atoms with E-state index in [9.17, 15) is 4.79 Å². The maximum Gasteiger partial charge on any atom is 0.295 e. The SMILES string of the molecule is CCc1nc(C(=O)Nc2cc(OC)ccc2Cl)n[nH]1. The van der Waals surface area contributed by atoms with Gasteiger partial charge in [0.25, 0.3) is 5.91 Å². The van der Waals surface area contributed by atoms with Crippen LogP contribution in [0.2, 0.25) is 5.02 Å². The van der Waals surface area contributed by atoms with Crippen LogP contribution in [0.1, 0.15) is 23.4 Å². The number of methoxy groups -OCH3 is 1. The quantitative estimate of drug-likeness (QED) is 0.900. The summed E-state index contributed by atoms with van der Waals surface area (Å²) < 4.78 is 5.07. The van der Waals surface area contributed by atoms with Crippen LogP contribution in [0.25, 0.3) is 0 Å². The van der Waals surface area contributed by atoms with E-state index in [4.69, 9.17) is 16.3 Å². The molecular formula is C12H13ClN4O2. The third kappa shape index (κ3) is 3.03. The lowest BCUT2D eigenvalue weighted by atomic mass is 10.3. The molecule has 0 aliphatic rings. The van der Waals surface area contributed by atoms with Crippen LogP contribution in [-0.4, -0.2) is 28.2 Å². The Morgan fingerprint density at radius 2 is 2.32 bits per heavy atom. The largest absolute Gasteiger partial charge is 0.497 e.